The van der Waals surface area contributed by atoms with Crippen molar-refractivity contribution >= 4 is 18.1 Å². The average molecular weight is 298 g/mol. The summed E-state index contributed by atoms with van der Waals surface area (Å²) in [6.45, 7) is 13.0. The summed E-state index contributed by atoms with van der Waals surface area (Å²) in [6, 6.07) is 10.7. The Hall–Kier alpha value is -0.210. The van der Waals surface area contributed by atoms with E-state index in [0.717, 1.165) is 32.3 Å². The molecule has 1 aromatic rings. The molecule has 0 bridgehead atoms. The van der Waals surface area contributed by atoms with Crippen molar-refractivity contribution in [2.45, 2.75) is 33.9 Å². The zero-order chi connectivity index (χ0) is 14.3. The van der Waals surface area contributed by atoms with Gasteiger partial charge in [-0.1, -0.05) is 69.8 Å². The van der Waals surface area contributed by atoms with Crippen LogP contribution in [0.5, 0.6) is 0 Å². The minimum atomic E-state index is -1.66. The van der Waals surface area contributed by atoms with Crippen molar-refractivity contribution in [3.05, 3.63) is 35.9 Å². The highest BCUT2D eigenvalue weighted by atomic mass is 32.4. The first-order valence-corrected chi connectivity index (χ1v) is 10.1. The molecule has 0 radical (unpaired) electrons. The highest BCUT2D eigenvalue weighted by Crippen LogP contribution is 2.55. The van der Waals surface area contributed by atoms with Gasteiger partial charge in [-0.15, -0.1) is 0 Å². The SMILES string of the molecule is CCN(CC)P(=S)(Cc1ccccc1)N(CC)CC. The van der Waals surface area contributed by atoms with Crippen molar-refractivity contribution in [3.63, 3.8) is 0 Å². The normalized spacial score (nSPS) is 12.3. The summed E-state index contributed by atoms with van der Waals surface area (Å²) in [5.41, 5.74) is 1.37. The molecule has 0 fully saturated rings. The molecule has 19 heavy (non-hydrogen) atoms. The lowest BCUT2D eigenvalue weighted by atomic mass is 10.2. The van der Waals surface area contributed by atoms with Gasteiger partial charge in [-0.25, -0.2) is 0 Å². The van der Waals surface area contributed by atoms with Crippen LogP contribution in [0.25, 0.3) is 0 Å². The van der Waals surface area contributed by atoms with Crippen molar-refractivity contribution in [1.82, 2.24) is 9.34 Å². The third-order valence-corrected chi connectivity index (χ3v) is 9.02. The first-order valence-electron chi connectivity index (χ1n) is 7.26. The molecule has 1 aromatic carbocycles. The van der Waals surface area contributed by atoms with Crippen molar-refractivity contribution in [2.75, 3.05) is 26.2 Å². The van der Waals surface area contributed by atoms with Crippen LogP contribution < -0.4 is 0 Å². The molecule has 0 amide bonds. The second-order valence-electron chi connectivity index (χ2n) is 4.59. The van der Waals surface area contributed by atoms with Crippen LogP contribution in [-0.2, 0) is 18.0 Å². The quantitative estimate of drug-likeness (QED) is 0.665. The monoisotopic (exact) mass is 298 g/mol. The zero-order valence-corrected chi connectivity index (χ0v) is 14.4. The molecule has 0 N–H and O–H groups in total. The summed E-state index contributed by atoms with van der Waals surface area (Å²) in [5, 5.41) is 0. The molecule has 0 aromatic heterocycles. The second kappa shape index (κ2) is 8.16. The average Bonchev–Trinajstić information content (AvgIpc) is 2.42. The first-order chi connectivity index (χ1) is 9.12. The lowest BCUT2D eigenvalue weighted by Gasteiger charge is -2.41. The first kappa shape index (κ1) is 16.8. The predicted octanol–water partition coefficient (Wildman–Crippen LogP) is 4.18. The fraction of sp³-hybridized carbons (Fsp3) is 0.600. The third-order valence-electron chi connectivity index (χ3n) is 3.58. The molecular weight excluding hydrogens is 271 g/mol. The minimum absolute atomic E-state index is 1.01. The third kappa shape index (κ3) is 4.13. The fourth-order valence-corrected chi connectivity index (χ4v) is 7.58. The molecule has 0 atom stereocenters. The molecule has 0 saturated heterocycles. The van der Waals surface area contributed by atoms with Gasteiger partial charge in [0.15, 0.2) is 0 Å². The zero-order valence-electron chi connectivity index (χ0n) is 12.7. The second-order valence-corrected chi connectivity index (χ2v) is 9.12. The van der Waals surface area contributed by atoms with E-state index in [9.17, 15) is 0 Å². The van der Waals surface area contributed by atoms with Gasteiger partial charge in [0.1, 0.15) is 0 Å². The Bertz CT molecular complexity index is 384. The molecule has 0 spiro atoms. The van der Waals surface area contributed by atoms with Crippen molar-refractivity contribution in [2.24, 2.45) is 0 Å². The maximum Gasteiger partial charge on any atom is 0.0818 e. The Labute approximate surface area is 123 Å². The van der Waals surface area contributed by atoms with Gasteiger partial charge in [0, 0.05) is 32.3 Å². The van der Waals surface area contributed by atoms with Crippen LogP contribution >= 0.6 is 6.34 Å². The van der Waals surface area contributed by atoms with Gasteiger partial charge in [-0.05, 0) is 5.56 Å². The highest BCUT2D eigenvalue weighted by Gasteiger charge is 2.29. The van der Waals surface area contributed by atoms with E-state index in [4.69, 9.17) is 11.8 Å². The van der Waals surface area contributed by atoms with Crippen molar-refractivity contribution in [1.29, 1.82) is 0 Å². The summed E-state index contributed by atoms with van der Waals surface area (Å²) in [7, 11) is 0. The van der Waals surface area contributed by atoms with E-state index in [2.05, 4.69) is 67.4 Å². The van der Waals surface area contributed by atoms with Gasteiger partial charge in [-0.3, -0.25) is 9.34 Å². The van der Waals surface area contributed by atoms with Crippen molar-refractivity contribution < 1.29 is 0 Å². The summed E-state index contributed by atoms with van der Waals surface area (Å²) < 4.78 is 5.00. The van der Waals surface area contributed by atoms with Crippen LogP contribution in [-0.4, -0.2) is 35.5 Å². The molecule has 0 aliphatic carbocycles. The van der Waals surface area contributed by atoms with Gasteiger partial charge in [0.25, 0.3) is 0 Å². The standard InChI is InChI=1S/C15H27N2PS/c1-5-16(6-2)18(19,17(7-3)8-4)14-15-12-10-9-11-13-15/h9-13H,5-8,14H2,1-4H3. The topological polar surface area (TPSA) is 6.48 Å². The maximum atomic E-state index is 6.19. The van der Waals surface area contributed by atoms with Crippen LogP contribution in [0.3, 0.4) is 0 Å². The maximum absolute atomic E-state index is 6.19. The van der Waals surface area contributed by atoms with Crippen LogP contribution in [0.1, 0.15) is 33.3 Å². The summed E-state index contributed by atoms with van der Waals surface area (Å²) in [6.07, 6.45) is -0.655. The minimum Gasteiger partial charge on any atom is -0.264 e. The lowest BCUT2D eigenvalue weighted by molar-refractivity contribution is 0.419. The number of rotatable bonds is 8. The molecule has 2 nitrogen and oxygen atoms in total. The number of hydrogen-bond donors (Lipinski definition) is 0. The smallest absolute Gasteiger partial charge is 0.0818 e. The van der Waals surface area contributed by atoms with Crippen LogP contribution in [0.15, 0.2) is 30.3 Å². The molecule has 1 rings (SSSR count). The molecular formula is C15H27N2PS. The largest absolute Gasteiger partial charge is 0.264 e. The number of nitrogens with zero attached hydrogens (tertiary/aromatic N) is 2. The summed E-state index contributed by atoms with van der Waals surface area (Å²) in [4.78, 5) is 0. The lowest BCUT2D eigenvalue weighted by Crippen LogP contribution is -2.32. The van der Waals surface area contributed by atoms with Crippen LogP contribution in [0.2, 0.25) is 0 Å². The molecule has 0 aliphatic heterocycles. The molecule has 0 saturated carbocycles. The Morgan fingerprint density at radius 2 is 1.26 bits per heavy atom. The van der Waals surface area contributed by atoms with Gasteiger partial charge in [0.05, 0.1) is 6.34 Å². The molecule has 0 aliphatic rings. The van der Waals surface area contributed by atoms with Crippen LogP contribution in [0.4, 0.5) is 0 Å². The van der Waals surface area contributed by atoms with E-state index in [-0.39, 0.29) is 0 Å². The molecule has 0 heterocycles. The van der Waals surface area contributed by atoms with E-state index in [1.165, 1.54) is 5.56 Å². The summed E-state index contributed by atoms with van der Waals surface area (Å²) >= 11 is 6.19. The van der Waals surface area contributed by atoms with E-state index in [1.54, 1.807) is 0 Å². The Kier molecular flexibility index (Phi) is 7.23. The fourth-order valence-electron chi connectivity index (χ4n) is 2.53. The van der Waals surface area contributed by atoms with E-state index in [1.807, 2.05) is 0 Å². The van der Waals surface area contributed by atoms with Gasteiger partial charge >= 0.3 is 0 Å². The highest BCUT2D eigenvalue weighted by molar-refractivity contribution is 8.11. The van der Waals surface area contributed by atoms with Gasteiger partial charge < -0.3 is 0 Å². The summed E-state index contributed by atoms with van der Waals surface area (Å²) in [5.74, 6) is 0. The Morgan fingerprint density at radius 3 is 1.63 bits per heavy atom. The predicted molar refractivity (Wildman–Crippen MR) is 90.3 cm³/mol. The molecule has 0 unspecified atom stereocenters. The van der Waals surface area contributed by atoms with E-state index in [0.29, 0.717) is 0 Å². The Morgan fingerprint density at radius 1 is 0.842 bits per heavy atom. The van der Waals surface area contributed by atoms with E-state index >= 15 is 0 Å². The van der Waals surface area contributed by atoms with Crippen molar-refractivity contribution in [3.8, 4) is 0 Å². The molecule has 108 valence electrons. The van der Waals surface area contributed by atoms with Crippen LogP contribution in [0, 0.1) is 0 Å². The molecule has 4 heteroatoms. The number of benzene rings is 1. The Balaban J connectivity index is 3.08. The van der Waals surface area contributed by atoms with Gasteiger partial charge in [-0.2, -0.15) is 0 Å². The number of hydrogen-bond acceptors (Lipinski definition) is 1. The van der Waals surface area contributed by atoms with Gasteiger partial charge in [0.2, 0.25) is 0 Å². The van der Waals surface area contributed by atoms with E-state index < -0.39 is 6.34 Å².